The van der Waals surface area contributed by atoms with Gasteiger partial charge < -0.3 is 23.7 Å². The van der Waals surface area contributed by atoms with Crippen molar-refractivity contribution in [2.45, 2.75) is 19.0 Å². The zero-order chi connectivity index (χ0) is 26.8. The number of carbonyl (C=O) groups is 2. The van der Waals surface area contributed by atoms with Crippen LogP contribution in [0.2, 0.25) is 0 Å². The molecule has 6 rings (SSSR count). The largest absolute Gasteiger partial charge is 0.503 e. The van der Waals surface area contributed by atoms with Gasteiger partial charge in [0.05, 0.1) is 17.9 Å². The Morgan fingerprint density at radius 3 is 2.54 bits per heavy atom. The number of aliphatic hydroxyl groups excluding tert-OH is 1. The van der Waals surface area contributed by atoms with Gasteiger partial charge >= 0.3 is 0 Å². The summed E-state index contributed by atoms with van der Waals surface area (Å²) in [6.07, 6.45) is 5.84. The first-order valence-corrected chi connectivity index (χ1v) is 12.6. The smallest absolute Gasteiger partial charge is 0.290 e. The molecule has 0 saturated carbocycles. The number of ether oxygens (including phenoxy) is 1. The molecule has 5 aromatic rings. The minimum Gasteiger partial charge on any atom is -0.503 e. The number of hydrogen-bond acceptors (Lipinski definition) is 6. The number of aryl methyl sites for hydroxylation is 1. The maximum atomic E-state index is 13.8. The first-order valence-electron chi connectivity index (χ1n) is 12.6. The van der Waals surface area contributed by atoms with Crippen LogP contribution in [0.25, 0.3) is 11.0 Å². The van der Waals surface area contributed by atoms with E-state index in [-0.39, 0.29) is 11.3 Å². The van der Waals surface area contributed by atoms with Crippen LogP contribution in [0.3, 0.4) is 0 Å². The van der Waals surface area contributed by atoms with Crippen LogP contribution in [-0.2, 0) is 11.3 Å². The highest BCUT2D eigenvalue weighted by Gasteiger charge is 2.44. The molecule has 1 atom stereocenters. The van der Waals surface area contributed by atoms with Crippen molar-refractivity contribution in [3.63, 3.8) is 0 Å². The zero-order valence-electron chi connectivity index (χ0n) is 20.9. The van der Waals surface area contributed by atoms with Crippen LogP contribution in [-0.4, -0.2) is 37.8 Å². The maximum Gasteiger partial charge on any atom is 0.290 e. The molecule has 39 heavy (non-hydrogen) atoms. The van der Waals surface area contributed by atoms with E-state index in [1.165, 1.54) is 4.90 Å². The zero-order valence-corrected chi connectivity index (χ0v) is 20.9. The third kappa shape index (κ3) is 4.80. The topological polar surface area (TPSA) is 97.8 Å². The summed E-state index contributed by atoms with van der Waals surface area (Å²) in [5, 5.41) is 11.8. The molecular formula is C31H25N3O5. The van der Waals surface area contributed by atoms with Crippen molar-refractivity contribution in [2.75, 3.05) is 6.54 Å². The van der Waals surface area contributed by atoms with Crippen LogP contribution >= 0.6 is 0 Å². The Morgan fingerprint density at radius 1 is 0.949 bits per heavy atom. The fraction of sp³-hybridized carbons (Fsp3) is 0.129. The fourth-order valence-corrected chi connectivity index (χ4v) is 4.90. The number of imidazole rings is 1. The number of fused-ring (bicyclic) bond motifs is 1. The van der Waals surface area contributed by atoms with Crippen molar-refractivity contribution in [1.82, 2.24) is 14.5 Å². The first kappa shape index (κ1) is 24.2. The van der Waals surface area contributed by atoms with Crippen LogP contribution in [0.4, 0.5) is 0 Å². The third-order valence-corrected chi connectivity index (χ3v) is 6.72. The molecule has 1 aliphatic rings. The number of para-hydroxylation sites is 2. The van der Waals surface area contributed by atoms with Gasteiger partial charge in [0.1, 0.15) is 17.1 Å². The Labute approximate surface area is 224 Å². The molecule has 3 aromatic carbocycles. The Balaban J connectivity index is 1.36. The standard InChI is InChI=1S/C31H25N3O5/c35-29(26-19-21-8-4-5-13-25(21)39-26)27-28(22-9-6-12-24(18-22)38-23-10-2-1-3-11-23)34(31(37)30(27)36)16-7-15-33-17-14-32-20-33/h1-6,8-14,17-20,28,36H,7,15-16H2/t28-/m0/s1. The van der Waals surface area contributed by atoms with Crippen LogP contribution in [0, 0.1) is 0 Å². The number of ketones is 1. The van der Waals surface area contributed by atoms with Crippen LogP contribution < -0.4 is 4.74 Å². The lowest BCUT2D eigenvalue weighted by Crippen LogP contribution is -2.32. The Bertz CT molecular complexity index is 1640. The summed E-state index contributed by atoms with van der Waals surface area (Å²) >= 11 is 0. The van der Waals surface area contributed by atoms with E-state index in [2.05, 4.69) is 4.98 Å². The van der Waals surface area contributed by atoms with Gasteiger partial charge in [-0.15, -0.1) is 0 Å². The van der Waals surface area contributed by atoms with E-state index in [9.17, 15) is 14.7 Å². The number of hydrogen-bond donors (Lipinski definition) is 1. The Morgan fingerprint density at radius 2 is 1.74 bits per heavy atom. The van der Waals surface area contributed by atoms with Gasteiger partial charge in [0.25, 0.3) is 5.91 Å². The van der Waals surface area contributed by atoms with Crippen molar-refractivity contribution in [3.8, 4) is 11.5 Å². The van der Waals surface area contributed by atoms with E-state index in [1.807, 2.05) is 65.4 Å². The van der Waals surface area contributed by atoms with Crippen molar-refractivity contribution >= 4 is 22.7 Å². The molecular weight excluding hydrogens is 494 g/mol. The number of aromatic nitrogens is 2. The number of rotatable bonds is 9. The second-order valence-electron chi connectivity index (χ2n) is 9.28. The molecule has 1 amide bonds. The van der Waals surface area contributed by atoms with Gasteiger partial charge in [0.15, 0.2) is 11.5 Å². The van der Waals surface area contributed by atoms with Crippen LogP contribution in [0.5, 0.6) is 11.5 Å². The molecule has 0 bridgehead atoms. The van der Waals surface area contributed by atoms with Crippen molar-refractivity contribution in [3.05, 3.63) is 126 Å². The second-order valence-corrected chi connectivity index (χ2v) is 9.28. The number of benzene rings is 3. The summed E-state index contributed by atoms with van der Waals surface area (Å²) in [4.78, 5) is 32.8. The molecule has 0 unspecified atom stereocenters. The molecule has 0 spiro atoms. The summed E-state index contributed by atoms with van der Waals surface area (Å²) in [7, 11) is 0. The molecule has 8 heteroatoms. The van der Waals surface area contributed by atoms with Gasteiger partial charge in [-0.3, -0.25) is 9.59 Å². The lowest BCUT2D eigenvalue weighted by molar-refractivity contribution is -0.129. The summed E-state index contributed by atoms with van der Waals surface area (Å²) in [6.45, 7) is 0.938. The van der Waals surface area contributed by atoms with E-state index in [1.54, 1.807) is 42.9 Å². The minimum atomic E-state index is -0.819. The Kier molecular flexibility index (Phi) is 6.42. The van der Waals surface area contributed by atoms with Gasteiger partial charge in [-0.25, -0.2) is 4.98 Å². The summed E-state index contributed by atoms with van der Waals surface area (Å²) in [5.41, 5.74) is 1.18. The second kappa shape index (κ2) is 10.3. The maximum absolute atomic E-state index is 13.8. The number of aliphatic hydroxyl groups is 1. The summed E-state index contributed by atoms with van der Waals surface area (Å²) in [5.74, 6) is -0.430. The average Bonchev–Trinajstić information content (AvgIpc) is 3.69. The summed E-state index contributed by atoms with van der Waals surface area (Å²) < 4.78 is 13.8. The van der Waals surface area contributed by atoms with Crippen molar-refractivity contribution in [1.29, 1.82) is 0 Å². The van der Waals surface area contributed by atoms with Gasteiger partial charge in [-0.2, -0.15) is 0 Å². The number of Topliss-reactive ketones (excluding diaryl/α,β-unsaturated/α-hetero) is 1. The SMILES string of the molecule is O=C(C1=C(O)C(=O)N(CCCn2ccnc2)[C@H]1c1cccc(Oc2ccccc2)c1)c1cc2ccccc2o1. The molecule has 194 valence electrons. The minimum absolute atomic E-state index is 0.0152. The van der Waals surface area contributed by atoms with Gasteiger partial charge in [0.2, 0.25) is 5.78 Å². The number of amides is 1. The number of furan rings is 1. The van der Waals surface area contributed by atoms with E-state index < -0.39 is 23.5 Å². The number of carbonyl (C=O) groups excluding carboxylic acids is 2. The van der Waals surface area contributed by atoms with Crippen molar-refractivity contribution < 1.29 is 23.8 Å². The fourth-order valence-electron chi connectivity index (χ4n) is 4.90. The lowest BCUT2D eigenvalue weighted by Gasteiger charge is -2.27. The highest BCUT2D eigenvalue weighted by molar-refractivity contribution is 6.16. The van der Waals surface area contributed by atoms with Crippen LogP contribution in [0.1, 0.15) is 28.6 Å². The van der Waals surface area contributed by atoms with E-state index in [0.29, 0.717) is 42.2 Å². The lowest BCUT2D eigenvalue weighted by atomic mass is 9.94. The monoisotopic (exact) mass is 519 g/mol. The average molecular weight is 520 g/mol. The molecule has 1 aliphatic heterocycles. The van der Waals surface area contributed by atoms with Gasteiger partial charge in [-0.05, 0) is 48.4 Å². The summed E-state index contributed by atoms with van der Waals surface area (Å²) in [6, 6.07) is 24.7. The predicted molar refractivity (Wildman–Crippen MR) is 144 cm³/mol. The highest BCUT2D eigenvalue weighted by atomic mass is 16.5. The van der Waals surface area contributed by atoms with Crippen LogP contribution in [0.15, 0.2) is 119 Å². The van der Waals surface area contributed by atoms with E-state index in [4.69, 9.17) is 9.15 Å². The molecule has 2 aromatic heterocycles. The molecule has 0 fully saturated rings. The molecule has 3 heterocycles. The third-order valence-electron chi connectivity index (χ3n) is 6.72. The predicted octanol–water partition coefficient (Wildman–Crippen LogP) is 6.09. The van der Waals surface area contributed by atoms with Gasteiger partial charge in [-0.1, -0.05) is 48.5 Å². The van der Waals surface area contributed by atoms with E-state index in [0.717, 1.165) is 5.39 Å². The highest BCUT2D eigenvalue weighted by Crippen LogP contribution is 2.41. The number of nitrogens with zero attached hydrogens (tertiary/aromatic N) is 3. The quantitative estimate of drug-likeness (QED) is 0.237. The molecule has 1 N–H and O–H groups in total. The van der Waals surface area contributed by atoms with Gasteiger partial charge in [0, 0.05) is 30.9 Å². The Hall–Kier alpha value is -5.11. The molecule has 0 aliphatic carbocycles. The normalized spacial score (nSPS) is 15.3. The van der Waals surface area contributed by atoms with Crippen molar-refractivity contribution in [2.24, 2.45) is 0 Å². The molecule has 8 nitrogen and oxygen atoms in total. The first-order chi connectivity index (χ1) is 19.1. The molecule has 0 saturated heterocycles. The van der Waals surface area contributed by atoms with E-state index >= 15 is 0 Å². The molecule has 0 radical (unpaired) electrons.